The Morgan fingerprint density at radius 1 is 0.938 bits per heavy atom. The first-order valence-electron chi connectivity index (χ1n) is 10.7. The minimum atomic E-state index is 0.0203. The second-order valence-electron chi connectivity index (χ2n) is 7.71. The summed E-state index contributed by atoms with van der Waals surface area (Å²) in [6.07, 6.45) is 5.71. The van der Waals surface area contributed by atoms with E-state index in [4.69, 9.17) is 4.99 Å². The third-order valence-electron chi connectivity index (χ3n) is 5.43. The Hall–Kier alpha value is -3.57. The average Bonchev–Trinajstić information content (AvgIpc) is 3.40. The first-order chi connectivity index (χ1) is 15.8. The van der Waals surface area contributed by atoms with Gasteiger partial charge in [-0.3, -0.25) is 9.69 Å². The van der Waals surface area contributed by atoms with Crippen molar-refractivity contribution in [2.45, 2.75) is 12.8 Å². The van der Waals surface area contributed by atoms with Crippen molar-refractivity contribution in [3.8, 4) is 0 Å². The number of amides is 1. The van der Waals surface area contributed by atoms with Crippen molar-refractivity contribution in [2.75, 3.05) is 6.54 Å². The van der Waals surface area contributed by atoms with Crippen LogP contribution in [-0.2, 0) is 11.2 Å². The first kappa shape index (κ1) is 20.3. The number of aromatic nitrogens is 1. The molecule has 5 rings (SSSR count). The van der Waals surface area contributed by atoms with Crippen LogP contribution >= 0.6 is 11.8 Å². The van der Waals surface area contributed by atoms with E-state index in [9.17, 15) is 4.79 Å². The molecule has 0 radical (unpaired) electrons. The van der Waals surface area contributed by atoms with Gasteiger partial charge < -0.3 is 4.98 Å². The zero-order valence-corrected chi connectivity index (χ0v) is 18.4. The van der Waals surface area contributed by atoms with Gasteiger partial charge in [0.1, 0.15) is 0 Å². The number of H-pyrrole nitrogens is 1. The largest absolute Gasteiger partial charge is 0.361 e. The van der Waals surface area contributed by atoms with Crippen molar-refractivity contribution in [3.63, 3.8) is 0 Å². The van der Waals surface area contributed by atoms with Crippen LogP contribution in [0.2, 0.25) is 0 Å². The van der Waals surface area contributed by atoms with Gasteiger partial charge in [0, 0.05) is 18.3 Å². The van der Waals surface area contributed by atoms with E-state index >= 15 is 0 Å². The fourth-order valence-electron chi connectivity index (χ4n) is 3.80. The number of amidine groups is 1. The second-order valence-corrected chi connectivity index (χ2v) is 8.72. The second kappa shape index (κ2) is 9.28. The van der Waals surface area contributed by atoms with Crippen LogP contribution < -0.4 is 0 Å². The van der Waals surface area contributed by atoms with Gasteiger partial charge in [-0.2, -0.15) is 0 Å². The smallest absolute Gasteiger partial charge is 0.266 e. The number of rotatable bonds is 6. The van der Waals surface area contributed by atoms with E-state index in [0.29, 0.717) is 11.4 Å². The molecule has 2 heterocycles. The van der Waals surface area contributed by atoms with Gasteiger partial charge >= 0.3 is 0 Å². The van der Waals surface area contributed by atoms with E-state index in [1.54, 1.807) is 0 Å². The van der Waals surface area contributed by atoms with Crippen LogP contribution in [0.25, 0.3) is 17.0 Å². The van der Waals surface area contributed by atoms with Crippen molar-refractivity contribution in [2.24, 2.45) is 4.99 Å². The summed E-state index contributed by atoms with van der Waals surface area (Å²) in [6.45, 7) is 0.639. The lowest BCUT2D eigenvalue weighted by Gasteiger charge is -2.15. The molecule has 0 spiro atoms. The summed E-state index contributed by atoms with van der Waals surface area (Å²) in [6, 6.07) is 28.4. The Kier molecular flexibility index (Phi) is 5.90. The number of para-hydroxylation sites is 1. The molecule has 5 heteroatoms. The van der Waals surface area contributed by atoms with Gasteiger partial charge in [-0.05, 0) is 77.5 Å². The highest BCUT2D eigenvalue weighted by Gasteiger charge is 2.33. The number of nitrogens with one attached hydrogen (secondary N) is 1. The molecule has 0 aliphatic carbocycles. The van der Waals surface area contributed by atoms with Crippen LogP contribution in [-0.4, -0.2) is 27.5 Å². The number of aromatic amines is 1. The van der Waals surface area contributed by atoms with Crippen molar-refractivity contribution in [1.29, 1.82) is 0 Å². The molecule has 0 atom stereocenters. The molecule has 0 unspecified atom stereocenters. The normalized spacial score (nSPS) is 16.5. The number of hydrogen-bond donors (Lipinski definition) is 1. The summed E-state index contributed by atoms with van der Waals surface area (Å²) in [4.78, 5) is 23.8. The Morgan fingerprint density at radius 2 is 1.72 bits per heavy atom. The Bertz CT molecular complexity index is 1290. The standard InChI is InChI=1S/C27H23N3OS/c31-26-25(19-21-13-14-24-22(18-21)15-16-28-24)32-27(29-23-11-5-2-6-12-23)30(26)17-7-10-20-8-3-1-4-9-20/h1-6,8-9,11-16,18-19,28H,7,10,17H2/b25-19-,29-27-. The van der Waals surface area contributed by atoms with E-state index in [1.165, 1.54) is 17.3 Å². The van der Waals surface area contributed by atoms with Gasteiger partial charge in [0.15, 0.2) is 5.17 Å². The SMILES string of the molecule is O=C1/C(=C/c2ccc3[nH]ccc3c2)S/C(=N\c2ccccc2)N1CCCc1ccccc1. The minimum Gasteiger partial charge on any atom is -0.361 e. The van der Waals surface area contributed by atoms with Crippen LogP contribution in [0.15, 0.2) is 101 Å². The minimum absolute atomic E-state index is 0.0203. The molecule has 158 valence electrons. The highest BCUT2D eigenvalue weighted by molar-refractivity contribution is 8.18. The van der Waals surface area contributed by atoms with Crippen LogP contribution in [0.1, 0.15) is 17.5 Å². The third-order valence-corrected chi connectivity index (χ3v) is 6.44. The molecule has 1 amide bonds. The van der Waals surface area contributed by atoms with Crippen molar-refractivity contribution < 1.29 is 4.79 Å². The van der Waals surface area contributed by atoms with E-state index in [2.05, 4.69) is 35.3 Å². The summed E-state index contributed by atoms with van der Waals surface area (Å²) in [7, 11) is 0. The number of aliphatic imine (C=N–C) groups is 1. The Labute approximate surface area is 191 Å². The predicted octanol–water partition coefficient (Wildman–Crippen LogP) is 6.40. The van der Waals surface area contributed by atoms with Gasteiger partial charge in [-0.1, -0.05) is 54.6 Å². The number of carbonyl (C=O) groups is 1. The van der Waals surface area contributed by atoms with Crippen LogP contribution in [0.3, 0.4) is 0 Å². The summed E-state index contributed by atoms with van der Waals surface area (Å²) in [5, 5.41) is 1.87. The van der Waals surface area contributed by atoms with Crippen LogP contribution in [0, 0.1) is 0 Å². The van der Waals surface area contributed by atoms with E-state index in [-0.39, 0.29) is 5.91 Å². The van der Waals surface area contributed by atoms with Crippen LogP contribution in [0.5, 0.6) is 0 Å². The number of aryl methyl sites for hydroxylation is 1. The molecule has 32 heavy (non-hydrogen) atoms. The quantitative estimate of drug-likeness (QED) is 0.355. The molecule has 1 aromatic heterocycles. The molecular formula is C27H23N3OS. The number of carbonyl (C=O) groups excluding carboxylic acids is 1. The van der Waals surface area contributed by atoms with Crippen molar-refractivity contribution in [3.05, 3.63) is 107 Å². The van der Waals surface area contributed by atoms with E-state index < -0.39 is 0 Å². The van der Waals surface area contributed by atoms with Gasteiger partial charge in [0.05, 0.1) is 10.6 Å². The molecular weight excluding hydrogens is 414 g/mol. The highest BCUT2D eigenvalue weighted by Crippen LogP contribution is 2.34. The van der Waals surface area contributed by atoms with Gasteiger partial charge in [-0.25, -0.2) is 4.99 Å². The van der Waals surface area contributed by atoms with Crippen LogP contribution in [0.4, 0.5) is 5.69 Å². The number of thioether (sulfide) groups is 1. The molecule has 1 N–H and O–H groups in total. The molecule has 1 saturated heterocycles. The first-order valence-corrected chi connectivity index (χ1v) is 11.5. The fourth-order valence-corrected chi connectivity index (χ4v) is 4.83. The molecule has 0 saturated carbocycles. The number of benzene rings is 3. The average molecular weight is 438 g/mol. The lowest BCUT2D eigenvalue weighted by molar-refractivity contribution is -0.122. The lowest BCUT2D eigenvalue weighted by Crippen LogP contribution is -2.30. The highest BCUT2D eigenvalue weighted by atomic mass is 32.2. The predicted molar refractivity (Wildman–Crippen MR) is 134 cm³/mol. The van der Waals surface area contributed by atoms with Gasteiger partial charge in [0.25, 0.3) is 5.91 Å². The number of fused-ring (bicyclic) bond motifs is 1. The summed E-state index contributed by atoms with van der Waals surface area (Å²) in [5.74, 6) is 0.0203. The zero-order valence-electron chi connectivity index (χ0n) is 17.6. The number of nitrogens with zero attached hydrogens (tertiary/aromatic N) is 2. The zero-order chi connectivity index (χ0) is 21.8. The topological polar surface area (TPSA) is 48.5 Å². The maximum atomic E-state index is 13.3. The summed E-state index contributed by atoms with van der Waals surface area (Å²) >= 11 is 1.45. The number of hydrogen-bond acceptors (Lipinski definition) is 3. The molecule has 1 aliphatic rings. The van der Waals surface area contributed by atoms with E-state index in [1.807, 2.05) is 71.8 Å². The maximum Gasteiger partial charge on any atom is 0.266 e. The summed E-state index contributed by atoms with van der Waals surface area (Å²) < 4.78 is 0. The molecule has 3 aromatic carbocycles. The van der Waals surface area contributed by atoms with E-state index in [0.717, 1.165) is 40.2 Å². The fraction of sp³-hybridized carbons (Fsp3) is 0.111. The maximum absolute atomic E-state index is 13.3. The van der Waals surface area contributed by atoms with Crippen molar-refractivity contribution >= 4 is 45.5 Å². The Morgan fingerprint density at radius 3 is 2.53 bits per heavy atom. The van der Waals surface area contributed by atoms with Crippen molar-refractivity contribution in [1.82, 2.24) is 9.88 Å². The Balaban J connectivity index is 1.40. The van der Waals surface area contributed by atoms with Gasteiger partial charge in [-0.15, -0.1) is 0 Å². The lowest BCUT2D eigenvalue weighted by atomic mass is 10.1. The molecule has 1 aliphatic heterocycles. The molecule has 1 fully saturated rings. The molecule has 0 bridgehead atoms. The molecule has 4 aromatic rings. The van der Waals surface area contributed by atoms with Gasteiger partial charge in [0.2, 0.25) is 0 Å². The monoisotopic (exact) mass is 437 g/mol. The third kappa shape index (κ3) is 4.53. The summed E-state index contributed by atoms with van der Waals surface area (Å²) in [5.41, 5.74) is 4.24. The molecule has 4 nitrogen and oxygen atoms in total.